The summed E-state index contributed by atoms with van der Waals surface area (Å²) in [6.45, 7) is 4.66. The number of carbonyl (C=O) groups excluding carboxylic acids is 2. The second-order valence-corrected chi connectivity index (χ2v) is 6.36. The van der Waals surface area contributed by atoms with Crippen molar-refractivity contribution in [2.45, 2.75) is 20.4 Å². The molecule has 2 amide bonds. The van der Waals surface area contributed by atoms with Gasteiger partial charge in [0.05, 0.1) is 13.7 Å². The van der Waals surface area contributed by atoms with E-state index in [0.29, 0.717) is 12.1 Å². The van der Waals surface area contributed by atoms with E-state index in [2.05, 4.69) is 10.9 Å². The average molecular weight is 355 g/mol. The zero-order valence-electron chi connectivity index (χ0n) is 15.6. The molecule has 138 valence electrons. The van der Waals surface area contributed by atoms with Gasteiger partial charge in [0, 0.05) is 17.7 Å². The molecule has 0 unspecified atom stereocenters. The second kappa shape index (κ2) is 9.01. The lowest BCUT2D eigenvalue weighted by molar-refractivity contribution is -0.122. The lowest BCUT2D eigenvalue weighted by Crippen LogP contribution is -2.45. The Morgan fingerprint density at radius 3 is 2.31 bits per heavy atom. The number of likely N-dealkylation sites (N-methyl/N-ethyl adjacent to an activating group) is 1. The average Bonchev–Trinajstić information content (AvgIpc) is 2.60. The van der Waals surface area contributed by atoms with Gasteiger partial charge in [0.2, 0.25) is 0 Å². The number of rotatable bonds is 6. The van der Waals surface area contributed by atoms with Gasteiger partial charge in [-0.25, -0.2) is 0 Å². The molecule has 0 heterocycles. The first-order valence-electron chi connectivity index (χ1n) is 8.37. The maximum Gasteiger partial charge on any atom is 0.269 e. The number of carbonyl (C=O) groups is 2. The maximum absolute atomic E-state index is 12.1. The summed E-state index contributed by atoms with van der Waals surface area (Å²) in [7, 11) is 3.46. The summed E-state index contributed by atoms with van der Waals surface area (Å²) in [5, 5.41) is 0. The van der Waals surface area contributed by atoms with Crippen molar-refractivity contribution in [1.82, 2.24) is 15.8 Å². The van der Waals surface area contributed by atoms with Gasteiger partial charge in [-0.05, 0) is 39.1 Å². The van der Waals surface area contributed by atoms with E-state index in [0.717, 1.165) is 22.4 Å². The topological polar surface area (TPSA) is 70.7 Å². The van der Waals surface area contributed by atoms with Gasteiger partial charge in [-0.3, -0.25) is 25.3 Å². The number of hydrazine groups is 1. The highest BCUT2D eigenvalue weighted by Crippen LogP contribution is 2.20. The molecule has 2 aromatic carbocycles. The van der Waals surface area contributed by atoms with Gasteiger partial charge >= 0.3 is 0 Å². The third-order valence-corrected chi connectivity index (χ3v) is 3.92. The number of nitrogens with zero attached hydrogens (tertiary/aromatic N) is 1. The van der Waals surface area contributed by atoms with E-state index in [9.17, 15) is 9.59 Å². The van der Waals surface area contributed by atoms with Crippen molar-refractivity contribution in [1.29, 1.82) is 0 Å². The van der Waals surface area contributed by atoms with Gasteiger partial charge in [0.25, 0.3) is 11.8 Å². The summed E-state index contributed by atoms with van der Waals surface area (Å²) < 4.78 is 5.36. The largest absolute Gasteiger partial charge is 0.496 e. The summed E-state index contributed by atoms with van der Waals surface area (Å²) >= 11 is 0. The molecular weight excluding hydrogens is 330 g/mol. The van der Waals surface area contributed by atoms with Crippen molar-refractivity contribution in [3.63, 3.8) is 0 Å². The minimum Gasteiger partial charge on any atom is -0.496 e. The number of hydrogen-bond acceptors (Lipinski definition) is 4. The Hall–Kier alpha value is -2.86. The molecule has 0 atom stereocenters. The fourth-order valence-electron chi connectivity index (χ4n) is 2.57. The summed E-state index contributed by atoms with van der Waals surface area (Å²) in [5.74, 6) is 0.150. The molecule has 0 radical (unpaired) electrons. The van der Waals surface area contributed by atoms with Crippen molar-refractivity contribution in [2.75, 3.05) is 20.7 Å². The molecular formula is C20H25N3O3. The molecule has 0 bridgehead atoms. The first-order valence-corrected chi connectivity index (χ1v) is 8.37. The number of amides is 2. The minimum atomic E-state index is -0.346. The van der Waals surface area contributed by atoms with Crippen molar-refractivity contribution in [3.8, 4) is 5.75 Å². The van der Waals surface area contributed by atoms with E-state index < -0.39 is 0 Å². The summed E-state index contributed by atoms with van der Waals surface area (Å²) in [5.41, 5.74) is 8.57. The molecule has 26 heavy (non-hydrogen) atoms. The normalized spacial score (nSPS) is 10.5. The smallest absolute Gasteiger partial charge is 0.269 e. The van der Waals surface area contributed by atoms with Gasteiger partial charge in [-0.1, -0.05) is 35.4 Å². The molecule has 0 saturated heterocycles. The molecule has 0 aliphatic heterocycles. The minimum absolute atomic E-state index is 0.144. The van der Waals surface area contributed by atoms with E-state index in [-0.39, 0.29) is 18.4 Å². The Kier molecular flexibility index (Phi) is 6.74. The maximum atomic E-state index is 12.1. The predicted octanol–water partition coefficient (Wildman–Crippen LogP) is 2.21. The van der Waals surface area contributed by atoms with Crippen LogP contribution in [0.3, 0.4) is 0 Å². The Balaban J connectivity index is 1.84. The highest BCUT2D eigenvalue weighted by atomic mass is 16.5. The number of aryl methyl sites for hydroxylation is 2. The third-order valence-electron chi connectivity index (χ3n) is 3.92. The van der Waals surface area contributed by atoms with Crippen LogP contribution < -0.4 is 15.6 Å². The Morgan fingerprint density at radius 1 is 1.00 bits per heavy atom. The van der Waals surface area contributed by atoms with Crippen LogP contribution in [0, 0.1) is 13.8 Å². The Bertz CT molecular complexity index is 772. The molecule has 2 aromatic rings. The second-order valence-electron chi connectivity index (χ2n) is 6.36. The van der Waals surface area contributed by atoms with Crippen molar-refractivity contribution >= 4 is 11.8 Å². The SMILES string of the molecule is COc1ccc(C)cc1CN(C)CC(=O)NNC(=O)c1ccc(C)cc1. The molecule has 0 fully saturated rings. The zero-order chi connectivity index (χ0) is 19.1. The number of nitrogens with one attached hydrogen (secondary N) is 2. The van der Waals surface area contributed by atoms with Crippen molar-refractivity contribution in [3.05, 3.63) is 64.7 Å². The van der Waals surface area contributed by atoms with E-state index in [1.54, 1.807) is 19.2 Å². The lowest BCUT2D eigenvalue weighted by atomic mass is 10.1. The molecule has 0 spiro atoms. The molecule has 0 aliphatic carbocycles. The van der Waals surface area contributed by atoms with Crippen LogP contribution in [0.25, 0.3) is 0 Å². The van der Waals surface area contributed by atoms with Crippen LogP contribution in [0.15, 0.2) is 42.5 Å². The molecule has 0 saturated carbocycles. The standard InChI is InChI=1S/C20H25N3O3/c1-14-5-8-16(9-6-14)20(25)22-21-19(24)13-23(3)12-17-11-15(2)7-10-18(17)26-4/h5-11H,12-13H2,1-4H3,(H,21,24)(H,22,25). The first-order chi connectivity index (χ1) is 12.4. The molecule has 2 N–H and O–H groups in total. The third kappa shape index (κ3) is 5.60. The van der Waals surface area contributed by atoms with Crippen LogP contribution in [0.4, 0.5) is 0 Å². The number of methoxy groups -OCH3 is 1. The Labute approximate surface area is 154 Å². The van der Waals surface area contributed by atoms with Crippen LogP contribution in [-0.4, -0.2) is 37.4 Å². The molecule has 2 rings (SSSR count). The van der Waals surface area contributed by atoms with Gasteiger partial charge < -0.3 is 4.74 Å². The van der Waals surface area contributed by atoms with Gasteiger partial charge in [-0.2, -0.15) is 0 Å². The van der Waals surface area contributed by atoms with E-state index in [1.807, 2.05) is 56.1 Å². The highest BCUT2D eigenvalue weighted by Gasteiger charge is 2.12. The Morgan fingerprint density at radius 2 is 1.65 bits per heavy atom. The van der Waals surface area contributed by atoms with E-state index in [1.165, 1.54) is 0 Å². The van der Waals surface area contributed by atoms with Crippen LogP contribution in [0.1, 0.15) is 27.0 Å². The fourth-order valence-corrected chi connectivity index (χ4v) is 2.57. The van der Waals surface area contributed by atoms with Crippen LogP contribution in [0.2, 0.25) is 0 Å². The van der Waals surface area contributed by atoms with E-state index >= 15 is 0 Å². The van der Waals surface area contributed by atoms with Gasteiger partial charge in [0.1, 0.15) is 5.75 Å². The van der Waals surface area contributed by atoms with E-state index in [4.69, 9.17) is 4.74 Å². The number of ether oxygens (including phenoxy) is 1. The monoisotopic (exact) mass is 355 g/mol. The number of hydrogen-bond donors (Lipinski definition) is 2. The highest BCUT2D eigenvalue weighted by molar-refractivity contribution is 5.95. The number of benzene rings is 2. The summed E-state index contributed by atoms with van der Waals surface area (Å²) in [6, 6.07) is 13.1. The van der Waals surface area contributed by atoms with Crippen molar-refractivity contribution < 1.29 is 14.3 Å². The first kappa shape index (κ1) is 19.5. The van der Waals surface area contributed by atoms with Gasteiger partial charge in [0.15, 0.2) is 0 Å². The van der Waals surface area contributed by atoms with Gasteiger partial charge in [-0.15, -0.1) is 0 Å². The molecule has 0 aliphatic rings. The summed E-state index contributed by atoms with van der Waals surface area (Å²) in [6.07, 6.45) is 0. The molecule has 0 aromatic heterocycles. The fraction of sp³-hybridized carbons (Fsp3) is 0.300. The zero-order valence-corrected chi connectivity index (χ0v) is 15.6. The van der Waals surface area contributed by atoms with Crippen LogP contribution in [-0.2, 0) is 11.3 Å². The van der Waals surface area contributed by atoms with Crippen molar-refractivity contribution in [2.24, 2.45) is 0 Å². The lowest BCUT2D eigenvalue weighted by Gasteiger charge is -2.18. The predicted molar refractivity (Wildman–Crippen MR) is 101 cm³/mol. The summed E-state index contributed by atoms with van der Waals surface area (Å²) in [4.78, 5) is 25.9. The van der Waals surface area contributed by atoms with Crippen LogP contribution >= 0.6 is 0 Å². The molecule has 6 heteroatoms. The quantitative estimate of drug-likeness (QED) is 0.780. The molecule has 6 nitrogen and oxygen atoms in total. The van der Waals surface area contributed by atoms with Crippen LogP contribution in [0.5, 0.6) is 5.75 Å².